The van der Waals surface area contributed by atoms with Crippen LogP contribution in [-0.4, -0.2) is 93.3 Å². The van der Waals surface area contributed by atoms with Crippen LogP contribution in [0.15, 0.2) is 53.5 Å². The van der Waals surface area contributed by atoms with Crippen LogP contribution in [-0.2, 0) is 20.9 Å². The summed E-state index contributed by atoms with van der Waals surface area (Å²) in [7, 11) is 0. The second-order valence-corrected chi connectivity index (χ2v) is 15.1. The predicted molar refractivity (Wildman–Crippen MR) is 199 cm³/mol. The molecule has 51 heavy (non-hydrogen) atoms. The molecule has 2 saturated heterocycles. The number of amides is 3. The van der Waals surface area contributed by atoms with Gasteiger partial charge in [0.25, 0.3) is 0 Å². The number of piperidine rings is 1. The van der Waals surface area contributed by atoms with Gasteiger partial charge in [0.05, 0.1) is 12.1 Å². The fourth-order valence-electron chi connectivity index (χ4n) is 6.90. The molecule has 0 aliphatic carbocycles. The summed E-state index contributed by atoms with van der Waals surface area (Å²) in [6, 6.07) is 15.0. The Morgan fingerprint density at radius 1 is 0.980 bits per heavy atom. The number of anilines is 1. The Balaban J connectivity index is 0.919. The number of halogens is 1. The molecule has 4 aromatic rings. The monoisotopic (exact) mass is 727 g/mol. The molecule has 266 valence electrons. The van der Waals surface area contributed by atoms with Gasteiger partial charge in [-0.25, -0.2) is 0 Å². The van der Waals surface area contributed by atoms with Gasteiger partial charge in [-0.15, -0.1) is 21.5 Å². The zero-order valence-corrected chi connectivity index (χ0v) is 30.6. The molecule has 3 amide bonds. The summed E-state index contributed by atoms with van der Waals surface area (Å²) in [6.07, 6.45) is 1.02. The van der Waals surface area contributed by atoms with E-state index in [1.54, 1.807) is 11.3 Å². The molecule has 0 saturated carbocycles. The third kappa shape index (κ3) is 7.76. The van der Waals surface area contributed by atoms with Crippen molar-refractivity contribution in [3.8, 4) is 5.00 Å². The Bertz CT molecular complexity index is 1960. The summed E-state index contributed by atoms with van der Waals surface area (Å²) >= 11 is 7.93. The predicted octanol–water partition coefficient (Wildman–Crippen LogP) is 4.34. The van der Waals surface area contributed by atoms with Crippen LogP contribution in [0.25, 0.3) is 5.00 Å². The summed E-state index contributed by atoms with van der Waals surface area (Å²) < 4.78 is 2.07. The molecule has 0 spiro atoms. The van der Waals surface area contributed by atoms with Crippen molar-refractivity contribution >= 4 is 52.1 Å². The Morgan fingerprint density at radius 3 is 2.43 bits per heavy atom. The first-order valence-electron chi connectivity index (χ1n) is 17.4. The van der Waals surface area contributed by atoms with Crippen LogP contribution in [0.3, 0.4) is 0 Å². The lowest BCUT2D eigenvalue weighted by molar-refractivity contribution is -0.133. The largest absolute Gasteiger partial charge is 0.374 e. The number of nitrogens with zero attached hydrogens (tertiary/aromatic N) is 6. The van der Waals surface area contributed by atoms with Gasteiger partial charge in [0.2, 0.25) is 17.7 Å². The average molecular weight is 728 g/mol. The summed E-state index contributed by atoms with van der Waals surface area (Å²) in [6.45, 7) is 12.1. The number of aryl methyl sites for hydroxylation is 2. The third-order valence-corrected chi connectivity index (χ3v) is 11.3. The number of carbonyl (C=O) groups is 3. The number of benzene rings is 2. The molecular formula is C37H42ClN9O3S. The lowest BCUT2D eigenvalue weighted by Gasteiger charge is -2.34. The summed E-state index contributed by atoms with van der Waals surface area (Å²) in [5.74, 6) is 0.884. The number of rotatable bonds is 10. The molecule has 2 fully saturated rings. The molecule has 3 N–H and O–H groups in total. The van der Waals surface area contributed by atoms with Gasteiger partial charge in [0.1, 0.15) is 22.9 Å². The van der Waals surface area contributed by atoms with Gasteiger partial charge in [-0.05, 0) is 62.6 Å². The van der Waals surface area contributed by atoms with E-state index in [0.717, 1.165) is 78.2 Å². The summed E-state index contributed by atoms with van der Waals surface area (Å²) in [5, 5.41) is 19.4. The number of aliphatic imine (C=N–C) groups is 1. The Kier molecular flexibility index (Phi) is 10.3. The molecule has 14 heteroatoms. The second-order valence-electron chi connectivity index (χ2n) is 13.4. The molecule has 2 atom stereocenters. The first-order valence-corrected chi connectivity index (χ1v) is 18.6. The molecule has 3 aliphatic rings. The molecule has 0 bridgehead atoms. The topological polar surface area (TPSA) is 137 Å². The van der Waals surface area contributed by atoms with E-state index in [-0.39, 0.29) is 30.2 Å². The highest BCUT2D eigenvalue weighted by Gasteiger charge is 2.32. The number of aromatic nitrogens is 3. The van der Waals surface area contributed by atoms with Crippen molar-refractivity contribution < 1.29 is 14.4 Å². The second kappa shape index (κ2) is 15.0. The summed E-state index contributed by atoms with van der Waals surface area (Å²) in [4.78, 5) is 48.1. The zero-order chi connectivity index (χ0) is 35.6. The van der Waals surface area contributed by atoms with Crippen LogP contribution in [0.5, 0.6) is 0 Å². The molecule has 3 aliphatic heterocycles. The highest BCUT2D eigenvalue weighted by molar-refractivity contribution is 7.15. The lowest BCUT2D eigenvalue weighted by Crippen LogP contribution is -2.48. The third-order valence-electron chi connectivity index (χ3n) is 9.89. The number of piperazine rings is 1. The van der Waals surface area contributed by atoms with Crippen LogP contribution < -0.4 is 16.0 Å². The maximum Gasteiger partial charge on any atom is 0.249 e. The summed E-state index contributed by atoms with van der Waals surface area (Å²) in [5.41, 5.74) is 6.06. The van der Waals surface area contributed by atoms with E-state index >= 15 is 0 Å². The van der Waals surface area contributed by atoms with Crippen molar-refractivity contribution in [2.45, 2.75) is 58.7 Å². The fourth-order valence-corrected chi connectivity index (χ4v) is 8.24. The fraction of sp³-hybridized carbons (Fsp3) is 0.405. The molecular weight excluding hydrogens is 686 g/mol. The Hall–Kier alpha value is -4.43. The van der Waals surface area contributed by atoms with Crippen LogP contribution in [0.2, 0.25) is 5.02 Å². The molecule has 0 radical (unpaired) electrons. The van der Waals surface area contributed by atoms with Gasteiger partial charge in [0, 0.05) is 78.9 Å². The first kappa shape index (κ1) is 35.0. The number of imide groups is 1. The molecule has 12 nitrogen and oxygen atoms in total. The van der Waals surface area contributed by atoms with Gasteiger partial charge >= 0.3 is 0 Å². The van der Waals surface area contributed by atoms with E-state index in [9.17, 15) is 14.4 Å². The minimum Gasteiger partial charge on any atom is -0.374 e. The number of nitrogens with one attached hydrogen (secondary N) is 3. The van der Waals surface area contributed by atoms with E-state index in [0.29, 0.717) is 30.2 Å². The number of carbonyl (C=O) groups excluding carboxylic acids is 3. The maximum atomic E-state index is 13.4. The lowest BCUT2D eigenvalue weighted by atomic mass is 9.99. The Morgan fingerprint density at radius 2 is 1.71 bits per heavy atom. The van der Waals surface area contributed by atoms with Crippen molar-refractivity contribution in [3.05, 3.63) is 92.3 Å². The standard InChI is InChI=1S/C37H42ClN9O3S/c1-22-23(2)51-37-33(22)34(26-6-8-27(38)9-7-26)41-30(35-44-43-24(3)47(35)37)20-32(49)39-14-15-45-16-18-46(19-17-45)21-25-4-10-28(11-5-25)40-29-12-13-31(48)42-36(29)50/h4-11,29-30,40H,12-21H2,1-3H3,(H,39,49)(H,42,48,50)/t29?,30-/m0/s1. The number of fused-ring (bicyclic) bond motifs is 3. The quantitative estimate of drug-likeness (QED) is 0.206. The minimum atomic E-state index is -0.498. The SMILES string of the molecule is Cc1sc2c(c1C)C(c1ccc(Cl)cc1)=N[C@@H](CC(=O)NCCN1CCN(Cc3ccc(NC4CCC(=O)NC4=O)cc3)CC1)c1nnc(C)n1-2. The highest BCUT2D eigenvalue weighted by Crippen LogP contribution is 2.39. The normalized spacial score (nSPS) is 19.5. The number of hydrogen-bond acceptors (Lipinski definition) is 10. The van der Waals surface area contributed by atoms with Gasteiger partial charge in [-0.1, -0.05) is 35.9 Å². The van der Waals surface area contributed by atoms with Crippen molar-refractivity contribution in [2.75, 3.05) is 44.6 Å². The number of thiophene rings is 1. The van der Waals surface area contributed by atoms with Crippen LogP contribution in [0.4, 0.5) is 5.69 Å². The van der Waals surface area contributed by atoms with Crippen LogP contribution >= 0.6 is 22.9 Å². The van der Waals surface area contributed by atoms with E-state index in [1.807, 2.05) is 43.3 Å². The average Bonchev–Trinajstić information content (AvgIpc) is 3.59. The van der Waals surface area contributed by atoms with Crippen LogP contribution in [0, 0.1) is 20.8 Å². The van der Waals surface area contributed by atoms with E-state index in [1.165, 1.54) is 10.4 Å². The maximum absolute atomic E-state index is 13.4. The van der Waals surface area contributed by atoms with Crippen LogP contribution in [0.1, 0.15) is 64.1 Å². The van der Waals surface area contributed by atoms with Gasteiger partial charge in [-0.3, -0.25) is 39.1 Å². The number of hydrogen-bond donors (Lipinski definition) is 3. The molecule has 2 aromatic carbocycles. The first-order chi connectivity index (χ1) is 24.6. The molecule has 1 unspecified atom stereocenters. The van der Waals surface area contributed by atoms with Gasteiger partial charge in [0.15, 0.2) is 5.82 Å². The van der Waals surface area contributed by atoms with Crippen molar-refractivity contribution in [2.24, 2.45) is 4.99 Å². The Labute approximate surface area is 306 Å². The van der Waals surface area contributed by atoms with Gasteiger partial charge in [-0.2, -0.15) is 0 Å². The molecule has 5 heterocycles. The van der Waals surface area contributed by atoms with E-state index in [4.69, 9.17) is 16.6 Å². The van der Waals surface area contributed by atoms with Gasteiger partial charge < -0.3 is 10.6 Å². The minimum absolute atomic E-state index is 0.0706. The van der Waals surface area contributed by atoms with Crippen molar-refractivity contribution in [1.29, 1.82) is 0 Å². The smallest absolute Gasteiger partial charge is 0.249 e. The highest BCUT2D eigenvalue weighted by atomic mass is 35.5. The van der Waals surface area contributed by atoms with E-state index < -0.39 is 6.04 Å². The molecule has 2 aromatic heterocycles. The molecule has 7 rings (SSSR count). The van der Waals surface area contributed by atoms with Crippen molar-refractivity contribution in [1.82, 2.24) is 35.2 Å². The van der Waals surface area contributed by atoms with Crippen molar-refractivity contribution in [3.63, 3.8) is 0 Å². The zero-order valence-electron chi connectivity index (χ0n) is 29.0. The van der Waals surface area contributed by atoms with E-state index in [2.05, 4.69) is 66.5 Å².